The number of para-hydroxylation sites is 2. The normalized spacial score (nSPS) is 10.4. The Morgan fingerprint density at radius 2 is 2.06 bits per heavy atom. The summed E-state index contributed by atoms with van der Waals surface area (Å²) in [5.41, 5.74) is 6.45. The molecule has 0 fully saturated rings. The van der Waals surface area contributed by atoms with E-state index in [-0.39, 0.29) is 0 Å². The van der Waals surface area contributed by atoms with Gasteiger partial charge in [0.05, 0.1) is 24.3 Å². The molecule has 0 unspecified atom stereocenters. The Hall–Kier alpha value is -1.55. The predicted octanol–water partition coefficient (Wildman–Crippen LogP) is 3.17. The third-order valence-electron chi connectivity index (χ3n) is 2.23. The third kappa shape index (κ3) is 3.75. The third-order valence-corrected chi connectivity index (χ3v) is 3.17. The second-order valence-corrected chi connectivity index (χ2v) is 4.62. The molecule has 0 atom stereocenters. The summed E-state index contributed by atoms with van der Waals surface area (Å²) in [6.07, 6.45) is 1.69. The maximum Gasteiger partial charge on any atom is 0.142 e. The van der Waals surface area contributed by atoms with Gasteiger partial charge >= 0.3 is 0 Å². The highest BCUT2D eigenvalue weighted by Crippen LogP contribution is 2.20. The van der Waals surface area contributed by atoms with E-state index in [0.29, 0.717) is 12.3 Å². The zero-order valence-corrected chi connectivity index (χ0v) is 10.3. The van der Waals surface area contributed by atoms with Gasteiger partial charge in [-0.05, 0) is 24.3 Å². The minimum Gasteiger partial charge on any atom is -0.491 e. The number of ether oxygens (including phenoxy) is 1. The fraction of sp³-hybridized carbons (Fsp3) is 0.231. The summed E-state index contributed by atoms with van der Waals surface area (Å²) in [5, 5.41) is 0. The number of rotatable bonds is 6. The van der Waals surface area contributed by atoms with Gasteiger partial charge in [-0.1, -0.05) is 12.1 Å². The first-order valence-corrected chi connectivity index (χ1v) is 6.59. The van der Waals surface area contributed by atoms with Crippen molar-refractivity contribution in [2.24, 2.45) is 0 Å². The molecule has 0 amide bonds. The van der Waals surface area contributed by atoms with Crippen LogP contribution >= 0.6 is 11.8 Å². The molecule has 90 valence electrons. The zero-order chi connectivity index (χ0) is 11.9. The van der Waals surface area contributed by atoms with Crippen LogP contribution in [0.25, 0.3) is 0 Å². The smallest absolute Gasteiger partial charge is 0.142 e. The van der Waals surface area contributed by atoms with E-state index in [1.807, 2.05) is 36.4 Å². The molecule has 0 saturated heterocycles. The van der Waals surface area contributed by atoms with E-state index in [2.05, 4.69) is 0 Å². The van der Waals surface area contributed by atoms with Crippen molar-refractivity contribution in [1.29, 1.82) is 0 Å². The first kappa shape index (κ1) is 11.9. The molecule has 0 aliphatic heterocycles. The number of anilines is 1. The van der Waals surface area contributed by atoms with Crippen LogP contribution in [0.3, 0.4) is 0 Å². The minimum absolute atomic E-state index is 0.652. The summed E-state index contributed by atoms with van der Waals surface area (Å²) in [7, 11) is 0. The van der Waals surface area contributed by atoms with Gasteiger partial charge in [-0.3, -0.25) is 0 Å². The molecule has 2 N–H and O–H groups in total. The summed E-state index contributed by atoms with van der Waals surface area (Å²) in [5.74, 6) is 3.54. The molecule has 0 aliphatic rings. The largest absolute Gasteiger partial charge is 0.491 e. The quantitative estimate of drug-likeness (QED) is 0.631. The number of nitrogens with two attached hydrogens (primary N) is 1. The summed E-state index contributed by atoms with van der Waals surface area (Å²) >= 11 is 1.78. The second-order valence-electron chi connectivity index (χ2n) is 3.52. The van der Waals surface area contributed by atoms with Gasteiger partial charge in [-0.15, -0.1) is 0 Å². The van der Waals surface area contributed by atoms with Crippen LogP contribution in [0.2, 0.25) is 0 Å². The van der Waals surface area contributed by atoms with Gasteiger partial charge < -0.3 is 14.9 Å². The van der Waals surface area contributed by atoms with Gasteiger partial charge in [0.1, 0.15) is 11.5 Å². The molecule has 4 heteroatoms. The van der Waals surface area contributed by atoms with Crippen molar-refractivity contribution < 1.29 is 9.15 Å². The van der Waals surface area contributed by atoms with Crippen molar-refractivity contribution in [3.63, 3.8) is 0 Å². The van der Waals surface area contributed by atoms with E-state index in [4.69, 9.17) is 14.9 Å². The lowest BCUT2D eigenvalue weighted by molar-refractivity contribution is 0.346. The summed E-state index contributed by atoms with van der Waals surface area (Å²) in [4.78, 5) is 0. The van der Waals surface area contributed by atoms with Crippen LogP contribution < -0.4 is 10.5 Å². The maximum absolute atomic E-state index is 5.77. The number of benzene rings is 1. The van der Waals surface area contributed by atoms with E-state index in [9.17, 15) is 0 Å². The SMILES string of the molecule is Nc1ccccc1OCCSCc1ccco1. The van der Waals surface area contributed by atoms with Gasteiger partial charge in [0.2, 0.25) is 0 Å². The fourth-order valence-electron chi connectivity index (χ4n) is 1.39. The lowest BCUT2D eigenvalue weighted by Gasteiger charge is -2.07. The van der Waals surface area contributed by atoms with Gasteiger partial charge in [-0.25, -0.2) is 0 Å². The topological polar surface area (TPSA) is 48.4 Å². The van der Waals surface area contributed by atoms with Crippen LogP contribution in [-0.4, -0.2) is 12.4 Å². The number of hydrogen-bond donors (Lipinski definition) is 1. The first-order valence-electron chi connectivity index (χ1n) is 5.43. The van der Waals surface area contributed by atoms with Crippen molar-refractivity contribution in [2.45, 2.75) is 5.75 Å². The van der Waals surface area contributed by atoms with Crippen molar-refractivity contribution in [2.75, 3.05) is 18.1 Å². The van der Waals surface area contributed by atoms with Crippen LogP contribution in [0.4, 0.5) is 5.69 Å². The van der Waals surface area contributed by atoms with Crippen LogP contribution in [-0.2, 0) is 5.75 Å². The summed E-state index contributed by atoms with van der Waals surface area (Å²) in [6, 6.07) is 11.4. The highest BCUT2D eigenvalue weighted by atomic mass is 32.2. The molecule has 0 bridgehead atoms. The Kier molecular flexibility index (Phi) is 4.38. The van der Waals surface area contributed by atoms with Crippen molar-refractivity contribution in [3.05, 3.63) is 48.4 Å². The monoisotopic (exact) mass is 249 g/mol. The summed E-state index contributed by atoms with van der Waals surface area (Å²) < 4.78 is 10.8. The average Bonchev–Trinajstić information content (AvgIpc) is 2.84. The lowest BCUT2D eigenvalue weighted by Crippen LogP contribution is -2.02. The first-order chi connectivity index (χ1) is 8.36. The molecule has 2 rings (SSSR count). The van der Waals surface area contributed by atoms with E-state index in [1.54, 1.807) is 18.0 Å². The highest BCUT2D eigenvalue weighted by molar-refractivity contribution is 7.98. The van der Waals surface area contributed by atoms with E-state index < -0.39 is 0 Å². The predicted molar refractivity (Wildman–Crippen MR) is 71.2 cm³/mol. The minimum atomic E-state index is 0.652. The van der Waals surface area contributed by atoms with Crippen molar-refractivity contribution in [1.82, 2.24) is 0 Å². The molecule has 2 aromatic rings. The van der Waals surface area contributed by atoms with Gasteiger partial charge in [0, 0.05) is 5.75 Å². The number of thioether (sulfide) groups is 1. The summed E-state index contributed by atoms with van der Waals surface area (Å²) in [6.45, 7) is 0.652. The van der Waals surface area contributed by atoms with Crippen LogP contribution in [0.15, 0.2) is 47.1 Å². The van der Waals surface area contributed by atoms with Crippen LogP contribution in [0.1, 0.15) is 5.76 Å². The molecule has 0 spiro atoms. The number of nitrogen functional groups attached to an aromatic ring is 1. The van der Waals surface area contributed by atoms with Crippen LogP contribution in [0, 0.1) is 0 Å². The Labute approximate surface area is 105 Å². The van der Waals surface area contributed by atoms with Gasteiger partial charge in [0.15, 0.2) is 0 Å². The second kappa shape index (κ2) is 6.25. The number of furan rings is 1. The van der Waals surface area contributed by atoms with E-state index in [1.165, 1.54) is 0 Å². The lowest BCUT2D eigenvalue weighted by atomic mass is 10.3. The highest BCUT2D eigenvalue weighted by Gasteiger charge is 1.99. The molecule has 0 saturated carbocycles. The van der Waals surface area contributed by atoms with E-state index in [0.717, 1.165) is 23.0 Å². The Bertz CT molecular complexity index is 442. The van der Waals surface area contributed by atoms with Gasteiger partial charge in [-0.2, -0.15) is 11.8 Å². The number of hydrogen-bond acceptors (Lipinski definition) is 4. The Balaban J connectivity index is 1.65. The Morgan fingerprint density at radius 3 is 2.82 bits per heavy atom. The van der Waals surface area contributed by atoms with Gasteiger partial charge in [0.25, 0.3) is 0 Å². The fourth-order valence-corrected chi connectivity index (χ4v) is 2.10. The van der Waals surface area contributed by atoms with Crippen molar-refractivity contribution in [3.8, 4) is 5.75 Å². The molecule has 0 radical (unpaired) electrons. The maximum atomic E-state index is 5.77. The molecule has 1 aromatic heterocycles. The molecular weight excluding hydrogens is 234 g/mol. The molecular formula is C13H15NO2S. The molecule has 0 aliphatic carbocycles. The van der Waals surface area contributed by atoms with Crippen molar-refractivity contribution >= 4 is 17.4 Å². The Morgan fingerprint density at radius 1 is 1.18 bits per heavy atom. The van der Waals surface area contributed by atoms with E-state index >= 15 is 0 Å². The molecule has 1 heterocycles. The molecule has 17 heavy (non-hydrogen) atoms. The molecule has 1 aromatic carbocycles. The van der Waals surface area contributed by atoms with Crippen LogP contribution in [0.5, 0.6) is 5.75 Å². The average molecular weight is 249 g/mol. The zero-order valence-electron chi connectivity index (χ0n) is 9.46. The standard InChI is InChI=1S/C13H15NO2S/c14-12-5-1-2-6-13(12)16-8-9-17-10-11-4-3-7-15-11/h1-7H,8-10,14H2. The molecule has 3 nitrogen and oxygen atoms in total.